The van der Waals surface area contributed by atoms with Gasteiger partial charge in [-0.2, -0.15) is 26.3 Å². The summed E-state index contributed by atoms with van der Waals surface area (Å²) < 4.78 is 81.8. The van der Waals surface area contributed by atoms with Crippen LogP contribution in [0.5, 0.6) is 0 Å². The summed E-state index contributed by atoms with van der Waals surface area (Å²) in [5.41, 5.74) is -0.315. The van der Waals surface area contributed by atoms with Crippen LogP contribution in [0.15, 0.2) is 41.6 Å². The summed E-state index contributed by atoms with van der Waals surface area (Å²) in [6, 6.07) is 5.08. The molecule has 0 aliphatic carbocycles. The van der Waals surface area contributed by atoms with E-state index in [4.69, 9.17) is 4.74 Å². The van der Waals surface area contributed by atoms with Crippen molar-refractivity contribution < 1.29 is 31.1 Å². The van der Waals surface area contributed by atoms with Crippen LogP contribution in [-0.2, 0) is 17.1 Å². The highest BCUT2D eigenvalue weighted by molar-refractivity contribution is 8.00. The van der Waals surface area contributed by atoms with Crippen LogP contribution in [0, 0.1) is 0 Å². The first-order chi connectivity index (χ1) is 13.0. The Balaban J connectivity index is 1.75. The zero-order valence-electron chi connectivity index (χ0n) is 14.6. The van der Waals surface area contributed by atoms with E-state index in [0.717, 1.165) is 24.5 Å². The van der Waals surface area contributed by atoms with Crippen molar-refractivity contribution in [1.29, 1.82) is 0 Å². The van der Waals surface area contributed by atoms with Gasteiger partial charge in [0.15, 0.2) is 0 Å². The van der Waals surface area contributed by atoms with Crippen molar-refractivity contribution in [3.63, 3.8) is 0 Å². The fraction of sp³-hybridized carbons (Fsp3) is 0.444. The van der Waals surface area contributed by atoms with E-state index in [-0.39, 0.29) is 0 Å². The fourth-order valence-corrected chi connectivity index (χ4v) is 4.27. The van der Waals surface area contributed by atoms with Crippen LogP contribution in [-0.4, -0.2) is 21.3 Å². The number of ether oxygens (including phenoxy) is 1. The van der Waals surface area contributed by atoms with Crippen LogP contribution in [0.25, 0.3) is 0 Å². The van der Waals surface area contributed by atoms with Gasteiger partial charge in [0.05, 0.1) is 11.7 Å². The Bertz CT molecular complexity index is 824. The Hall–Kier alpha value is -1.81. The number of halogens is 6. The Morgan fingerprint density at radius 2 is 1.75 bits per heavy atom. The van der Waals surface area contributed by atoms with Crippen LogP contribution in [0.2, 0.25) is 0 Å². The quantitative estimate of drug-likeness (QED) is 0.576. The lowest BCUT2D eigenvalue weighted by Gasteiger charge is -2.37. The third kappa shape index (κ3) is 4.96. The number of hydrogen-bond acceptors (Lipinski definition) is 4. The second-order valence-corrected chi connectivity index (χ2v) is 8.39. The summed E-state index contributed by atoms with van der Waals surface area (Å²) in [4.78, 5) is 7.17. The summed E-state index contributed by atoms with van der Waals surface area (Å²) in [6.07, 6.45) is -6.41. The van der Waals surface area contributed by atoms with Crippen molar-refractivity contribution in [1.82, 2.24) is 9.97 Å². The monoisotopic (exact) mass is 422 g/mol. The van der Waals surface area contributed by atoms with Crippen molar-refractivity contribution in [3.05, 3.63) is 53.6 Å². The highest BCUT2D eigenvalue weighted by Crippen LogP contribution is 2.46. The van der Waals surface area contributed by atoms with E-state index in [0.29, 0.717) is 29.9 Å². The molecule has 1 aromatic heterocycles. The molecule has 1 aliphatic heterocycles. The second-order valence-electron chi connectivity index (χ2n) is 6.73. The van der Waals surface area contributed by atoms with Crippen LogP contribution < -0.4 is 0 Å². The topological polar surface area (TPSA) is 35.0 Å². The van der Waals surface area contributed by atoms with Crippen molar-refractivity contribution in [3.8, 4) is 0 Å². The lowest BCUT2D eigenvalue weighted by Crippen LogP contribution is -2.32. The van der Waals surface area contributed by atoms with Gasteiger partial charge in [-0.05, 0) is 38.0 Å². The molecule has 0 N–H and O–H groups in total. The van der Waals surface area contributed by atoms with E-state index in [1.165, 1.54) is 17.8 Å². The van der Waals surface area contributed by atoms with Crippen LogP contribution in [0.1, 0.15) is 42.8 Å². The van der Waals surface area contributed by atoms with E-state index in [1.807, 2.05) is 6.92 Å². The summed E-state index contributed by atoms with van der Waals surface area (Å²) in [5.74, 6) is -1.23. The van der Waals surface area contributed by atoms with Gasteiger partial charge in [0, 0.05) is 34.2 Å². The maximum absolute atomic E-state index is 12.9. The molecule has 1 fully saturated rings. The first-order valence-corrected chi connectivity index (χ1v) is 9.15. The van der Waals surface area contributed by atoms with Gasteiger partial charge in [-0.3, -0.25) is 0 Å². The number of benzene rings is 1. The Morgan fingerprint density at radius 3 is 2.36 bits per heavy atom. The number of alkyl halides is 6. The van der Waals surface area contributed by atoms with Gasteiger partial charge >= 0.3 is 12.4 Å². The molecule has 28 heavy (non-hydrogen) atoms. The van der Waals surface area contributed by atoms with Gasteiger partial charge in [-0.1, -0.05) is 6.07 Å². The van der Waals surface area contributed by atoms with E-state index >= 15 is 0 Å². The van der Waals surface area contributed by atoms with Gasteiger partial charge in [-0.15, -0.1) is 11.8 Å². The van der Waals surface area contributed by atoms with Crippen LogP contribution in [0.4, 0.5) is 26.3 Å². The molecule has 1 saturated heterocycles. The van der Waals surface area contributed by atoms with Crippen molar-refractivity contribution in [2.45, 2.75) is 47.9 Å². The molecule has 0 spiro atoms. The van der Waals surface area contributed by atoms with Crippen LogP contribution >= 0.6 is 11.8 Å². The van der Waals surface area contributed by atoms with E-state index in [2.05, 4.69) is 9.97 Å². The predicted molar refractivity (Wildman–Crippen MR) is 90.7 cm³/mol. The highest BCUT2D eigenvalue weighted by Gasteiger charge is 2.38. The third-order valence-electron chi connectivity index (χ3n) is 4.39. The molecule has 1 aliphatic rings. The maximum Gasteiger partial charge on any atom is 0.451 e. The summed E-state index contributed by atoms with van der Waals surface area (Å²) >= 11 is 1.30. The fourth-order valence-electron chi connectivity index (χ4n) is 2.95. The molecule has 2 atom stereocenters. The van der Waals surface area contributed by atoms with E-state index in [1.54, 1.807) is 6.07 Å². The minimum atomic E-state index is -4.63. The smallest absolute Gasteiger partial charge is 0.373 e. The predicted octanol–water partition coefficient (Wildman–Crippen LogP) is 5.92. The number of aromatic nitrogens is 2. The molecule has 0 radical (unpaired) electrons. The zero-order chi connectivity index (χ0) is 20.6. The zero-order valence-corrected chi connectivity index (χ0v) is 15.5. The summed E-state index contributed by atoms with van der Waals surface area (Å²) in [7, 11) is 0. The van der Waals surface area contributed by atoms with Crippen molar-refractivity contribution in [2.75, 3.05) is 6.61 Å². The first kappa shape index (κ1) is 20.9. The first-order valence-electron chi connectivity index (χ1n) is 8.33. The molecule has 3 rings (SSSR count). The number of rotatable bonds is 3. The van der Waals surface area contributed by atoms with Gasteiger partial charge in [-0.25, -0.2) is 9.97 Å². The van der Waals surface area contributed by atoms with Gasteiger partial charge in [0.25, 0.3) is 0 Å². The molecule has 2 heterocycles. The minimum absolute atomic E-state index is 0.328. The Labute approximate surface area is 161 Å². The van der Waals surface area contributed by atoms with E-state index < -0.39 is 34.6 Å². The maximum atomic E-state index is 12.9. The molecule has 0 bridgehead atoms. The van der Waals surface area contributed by atoms with Gasteiger partial charge in [0.2, 0.25) is 5.82 Å². The summed E-state index contributed by atoms with van der Waals surface area (Å²) in [5, 5.41) is 0. The average Bonchev–Trinajstić information content (AvgIpc) is 2.60. The van der Waals surface area contributed by atoms with Crippen molar-refractivity contribution >= 4 is 11.8 Å². The molecular weight excluding hydrogens is 406 g/mol. The Morgan fingerprint density at radius 1 is 1.07 bits per heavy atom. The lowest BCUT2D eigenvalue weighted by atomic mass is 9.93. The Kier molecular flexibility index (Phi) is 5.64. The second kappa shape index (κ2) is 7.55. The minimum Gasteiger partial charge on any atom is -0.373 e. The van der Waals surface area contributed by atoms with Crippen molar-refractivity contribution in [2.24, 2.45) is 0 Å². The largest absolute Gasteiger partial charge is 0.451 e. The molecule has 2 aromatic rings. The number of nitrogens with zero attached hydrogens (tertiary/aromatic N) is 2. The molecule has 3 nitrogen and oxygen atoms in total. The van der Waals surface area contributed by atoms with Gasteiger partial charge < -0.3 is 4.74 Å². The molecule has 0 saturated carbocycles. The average molecular weight is 422 g/mol. The SMILES string of the molecule is CC1(Sc2cccc(C(F)(F)F)c2)CCOC(c2cnc(C(F)(F)F)nc2)C1. The number of thioether (sulfide) groups is 1. The molecule has 2 unspecified atom stereocenters. The molecule has 1 aromatic carbocycles. The molecule has 10 heteroatoms. The third-order valence-corrected chi connectivity index (χ3v) is 5.74. The molecular formula is C18H16F6N2OS. The standard InChI is InChI=1S/C18H16F6N2OS/c1-16(28-13-4-2-3-12(7-13)17(19,20)21)5-6-27-14(8-16)11-9-25-15(26-10-11)18(22,23)24/h2-4,7,9-10,14H,5-6,8H2,1H3. The van der Waals surface area contributed by atoms with Gasteiger partial charge in [0.1, 0.15) is 0 Å². The highest BCUT2D eigenvalue weighted by atomic mass is 32.2. The normalized spacial score (nSPS) is 23.6. The van der Waals surface area contributed by atoms with Crippen LogP contribution in [0.3, 0.4) is 0 Å². The lowest BCUT2D eigenvalue weighted by molar-refractivity contribution is -0.145. The summed E-state index contributed by atoms with van der Waals surface area (Å²) in [6.45, 7) is 2.23. The van der Waals surface area contributed by atoms with E-state index in [9.17, 15) is 26.3 Å². The molecule has 0 amide bonds. The number of hydrogen-bond donors (Lipinski definition) is 0. The molecule has 152 valence electrons.